The minimum atomic E-state index is -3.69. The Bertz CT molecular complexity index is 745. The summed E-state index contributed by atoms with van der Waals surface area (Å²) < 4.78 is 26.5. The lowest BCUT2D eigenvalue weighted by Gasteiger charge is -2.09. The number of hydrogen-bond acceptors (Lipinski definition) is 3. The molecular formula is C13H11ClN2O3S. The number of sulfonamides is 1. The van der Waals surface area contributed by atoms with Gasteiger partial charge in [0.2, 0.25) is 5.91 Å². The number of halogens is 1. The summed E-state index contributed by atoms with van der Waals surface area (Å²) in [6, 6.07) is 12.0. The Morgan fingerprint density at radius 1 is 1.10 bits per heavy atom. The molecule has 7 heteroatoms. The summed E-state index contributed by atoms with van der Waals surface area (Å²) in [7, 11) is -3.69. The monoisotopic (exact) mass is 310 g/mol. The van der Waals surface area contributed by atoms with Crippen LogP contribution in [0.3, 0.4) is 0 Å². The third kappa shape index (κ3) is 3.09. The Morgan fingerprint density at radius 2 is 1.75 bits per heavy atom. The minimum absolute atomic E-state index is 0.0887. The number of amides is 1. The molecule has 2 rings (SSSR count). The lowest BCUT2D eigenvalue weighted by Crippen LogP contribution is -2.14. The number of hydrogen-bond donors (Lipinski definition) is 2. The third-order valence-electron chi connectivity index (χ3n) is 2.54. The highest BCUT2D eigenvalue weighted by Crippen LogP contribution is 2.22. The first-order valence-corrected chi connectivity index (χ1v) is 7.43. The topological polar surface area (TPSA) is 89.3 Å². The Hall–Kier alpha value is -2.05. The molecule has 0 aliphatic rings. The fourth-order valence-electron chi connectivity index (χ4n) is 1.59. The summed E-state index contributed by atoms with van der Waals surface area (Å²) in [6.07, 6.45) is 0. The second-order valence-corrected chi connectivity index (χ2v) is 6.07. The van der Waals surface area contributed by atoms with Crippen LogP contribution >= 0.6 is 11.6 Å². The Kier molecular flexibility index (Phi) is 3.96. The Labute approximate surface area is 121 Å². The fourth-order valence-corrected chi connectivity index (χ4v) is 2.94. The van der Waals surface area contributed by atoms with E-state index < -0.39 is 15.9 Å². The highest BCUT2D eigenvalue weighted by atomic mass is 35.5. The van der Waals surface area contributed by atoms with Gasteiger partial charge in [-0.25, -0.2) is 8.42 Å². The number of nitrogens with one attached hydrogen (secondary N) is 1. The van der Waals surface area contributed by atoms with Crippen LogP contribution in [0.25, 0.3) is 0 Å². The number of primary amides is 1. The quantitative estimate of drug-likeness (QED) is 0.907. The Morgan fingerprint density at radius 3 is 2.30 bits per heavy atom. The lowest BCUT2D eigenvalue weighted by atomic mass is 10.2. The molecule has 3 N–H and O–H groups in total. The van der Waals surface area contributed by atoms with Crippen molar-refractivity contribution in [3.8, 4) is 0 Å². The van der Waals surface area contributed by atoms with Crippen molar-refractivity contribution in [1.29, 1.82) is 0 Å². The molecule has 0 aliphatic carbocycles. The molecule has 0 aliphatic heterocycles. The molecule has 0 unspecified atom stereocenters. The first-order chi connectivity index (χ1) is 9.40. The number of anilines is 1. The van der Waals surface area contributed by atoms with Gasteiger partial charge >= 0.3 is 0 Å². The van der Waals surface area contributed by atoms with Gasteiger partial charge in [0.25, 0.3) is 10.0 Å². The molecule has 0 heterocycles. The minimum Gasteiger partial charge on any atom is -0.366 e. The highest BCUT2D eigenvalue weighted by Gasteiger charge is 2.15. The zero-order valence-electron chi connectivity index (χ0n) is 10.2. The maximum Gasteiger partial charge on any atom is 0.261 e. The molecule has 0 saturated heterocycles. The van der Waals surface area contributed by atoms with Crippen molar-refractivity contribution in [2.45, 2.75) is 4.90 Å². The van der Waals surface area contributed by atoms with E-state index >= 15 is 0 Å². The summed E-state index contributed by atoms with van der Waals surface area (Å²) in [6.45, 7) is 0. The van der Waals surface area contributed by atoms with Gasteiger partial charge < -0.3 is 5.73 Å². The summed E-state index contributed by atoms with van der Waals surface area (Å²) in [5, 5.41) is 0.0887. The van der Waals surface area contributed by atoms with Crippen molar-refractivity contribution >= 4 is 33.2 Å². The van der Waals surface area contributed by atoms with Crippen molar-refractivity contribution in [3.05, 3.63) is 59.1 Å². The fraction of sp³-hybridized carbons (Fsp3) is 0. The molecule has 0 bridgehead atoms. The van der Waals surface area contributed by atoms with Crippen LogP contribution in [0.1, 0.15) is 10.4 Å². The number of carbonyl (C=O) groups is 1. The summed E-state index contributed by atoms with van der Waals surface area (Å²) in [5.41, 5.74) is 5.51. The van der Waals surface area contributed by atoms with Crippen molar-refractivity contribution in [2.24, 2.45) is 5.73 Å². The van der Waals surface area contributed by atoms with E-state index in [1.54, 1.807) is 18.2 Å². The zero-order chi connectivity index (χ0) is 14.8. The average Bonchev–Trinajstić information content (AvgIpc) is 2.39. The molecule has 0 atom stereocenters. The number of carbonyl (C=O) groups excluding carboxylic acids is 1. The summed E-state index contributed by atoms with van der Waals surface area (Å²) in [5.74, 6) is -0.674. The van der Waals surface area contributed by atoms with Gasteiger partial charge in [0.1, 0.15) is 0 Å². The van der Waals surface area contributed by atoms with E-state index in [-0.39, 0.29) is 21.2 Å². The largest absolute Gasteiger partial charge is 0.366 e. The summed E-state index contributed by atoms with van der Waals surface area (Å²) in [4.78, 5) is 11.2. The van der Waals surface area contributed by atoms with Crippen LogP contribution < -0.4 is 10.5 Å². The van der Waals surface area contributed by atoms with Gasteiger partial charge in [0.15, 0.2) is 0 Å². The predicted octanol–water partition coefficient (Wildman–Crippen LogP) is 2.24. The third-order valence-corrected chi connectivity index (χ3v) is 4.25. The van der Waals surface area contributed by atoms with Crippen LogP contribution in [0, 0.1) is 0 Å². The smallest absolute Gasteiger partial charge is 0.261 e. The van der Waals surface area contributed by atoms with E-state index in [0.29, 0.717) is 0 Å². The van der Waals surface area contributed by atoms with E-state index in [1.165, 1.54) is 30.3 Å². The van der Waals surface area contributed by atoms with Crippen LogP contribution in [0.4, 0.5) is 5.69 Å². The molecule has 0 aromatic heterocycles. The van der Waals surface area contributed by atoms with Crippen LogP contribution in [-0.4, -0.2) is 14.3 Å². The van der Waals surface area contributed by atoms with Gasteiger partial charge in [0, 0.05) is 0 Å². The number of rotatable bonds is 4. The molecule has 0 radical (unpaired) electrons. The molecule has 2 aromatic carbocycles. The average molecular weight is 311 g/mol. The molecule has 0 saturated carbocycles. The normalized spacial score (nSPS) is 11.1. The van der Waals surface area contributed by atoms with Gasteiger partial charge in [-0.1, -0.05) is 29.8 Å². The molecular weight excluding hydrogens is 300 g/mol. The zero-order valence-corrected chi connectivity index (χ0v) is 11.8. The molecule has 1 amide bonds. The number of nitrogens with two attached hydrogens (primary N) is 1. The molecule has 0 fully saturated rings. The lowest BCUT2D eigenvalue weighted by molar-refractivity contribution is 0.100. The first kappa shape index (κ1) is 14.4. The van der Waals surface area contributed by atoms with E-state index in [0.717, 1.165) is 0 Å². The molecule has 2 aromatic rings. The van der Waals surface area contributed by atoms with Crippen molar-refractivity contribution < 1.29 is 13.2 Å². The Balaban J connectivity index is 2.31. The van der Waals surface area contributed by atoms with E-state index in [1.807, 2.05) is 0 Å². The molecule has 0 spiro atoms. The molecule has 5 nitrogen and oxygen atoms in total. The van der Waals surface area contributed by atoms with Crippen LogP contribution in [0.5, 0.6) is 0 Å². The van der Waals surface area contributed by atoms with Crippen LogP contribution in [0.15, 0.2) is 53.4 Å². The maximum absolute atomic E-state index is 12.1. The number of benzene rings is 2. The van der Waals surface area contributed by atoms with Crippen molar-refractivity contribution in [3.63, 3.8) is 0 Å². The van der Waals surface area contributed by atoms with Crippen molar-refractivity contribution in [1.82, 2.24) is 0 Å². The van der Waals surface area contributed by atoms with Gasteiger partial charge in [-0.05, 0) is 30.3 Å². The van der Waals surface area contributed by atoms with Gasteiger partial charge in [0.05, 0.1) is 21.2 Å². The van der Waals surface area contributed by atoms with Crippen LogP contribution in [-0.2, 0) is 10.0 Å². The van der Waals surface area contributed by atoms with Gasteiger partial charge in [-0.15, -0.1) is 0 Å². The van der Waals surface area contributed by atoms with Crippen molar-refractivity contribution in [2.75, 3.05) is 4.72 Å². The second kappa shape index (κ2) is 5.52. The summed E-state index contributed by atoms with van der Waals surface area (Å²) >= 11 is 5.86. The maximum atomic E-state index is 12.1. The SMILES string of the molecule is NC(=O)c1ccc(NS(=O)(=O)c2ccccc2)cc1Cl. The van der Waals surface area contributed by atoms with Gasteiger partial charge in [-0.2, -0.15) is 0 Å². The highest BCUT2D eigenvalue weighted by molar-refractivity contribution is 7.92. The molecule has 20 heavy (non-hydrogen) atoms. The van der Waals surface area contributed by atoms with E-state index in [2.05, 4.69) is 4.72 Å². The predicted molar refractivity (Wildman–Crippen MR) is 77.2 cm³/mol. The van der Waals surface area contributed by atoms with E-state index in [4.69, 9.17) is 17.3 Å². The van der Waals surface area contributed by atoms with Crippen LogP contribution in [0.2, 0.25) is 5.02 Å². The first-order valence-electron chi connectivity index (χ1n) is 5.57. The standard InChI is InChI=1S/C13H11ClN2O3S/c14-12-8-9(6-7-11(12)13(15)17)16-20(18,19)10-4-2-1-3-5-10/h1-8,16H,(H2,15,17). The molecule has 104 valence electrons. The van der Waals surface area contributed by atoms with Gasteiger partial charge in [-0.3, -0.25) is 9.52 Å². The second-order valence-electron chi connectivity index (χ2n) is 3.98. The van der Waals surface area contributed by atoms with E-state index in [9.17, 15) is 13.2 Å².